The molecule has 146 valence electrons. The highest BCUT2D eigenvalue weighted by molar-refractivity contribution is 5.65. The number of nitrogens with zero attached hydrogens (tertiary/aromatic N) is 1. The van der Waals surface area contributed by atoms with Crippen LogP contribution in [-0.2, 0) is 12.0 Å². The van der Waals surface area contributed by atoms with Crippen molar-refractivity contribution in [3.63, 3.8) is 0 Å². The summed E-state index contributed by atoms with van der Waals surface area (Å²) in [4.78, 5) is 2.51. The Kier molecular flexibility index (Phi) is 4.48. The van der Waals surface area contributed by atoms with E-state index < -0.39 is 0 Å². The van der Waals surface area contributed by atoms with Gasteiger partial charge < -0.3 is 5.32 Å². The minimum absolute atomic E-state index is 0.0873. The maximum atomic E-state index is 14.0. The Morgan fingerprint density at radius 2 is 1.76 bits per heavy atom. The first-order valence-corrected chi connectivity index (χ1v) is 10.2. The largest absolute Gasteiger partial charge is 0.377 e. The Morgan fingerprint density at radius 3 is 2.48 bits per heavy atom. The number of benzene rings is 3. The molecule has 0 bridgehead atoms. The highest BCUT2D eigenvalue weighted by Crippen LogP contribution is 2.56. The molecule has 2 nitrogen and oxygen atoms in total. The smallest absolute Gasteiger partial charge is 0.125 e. The third-order valence-electron chi connectivity index (χ3n) is 6.57. The monoisotopic (exact) mass is 384 g/mol. The van der Waals surface area contributed by atoms with Crippen LogP contribution in [0.2, 0.25) is 0 Å². The summed E-state index contributed by atoms with van der Waals surface area (Å²) in [6.45, 7) is 6.95. The van der Waals surface area contributed by atoms with Crippen LogP contribution in [0.3, 0.4) is 0 Å². The highest BCUT2D eigenvalue weighted by atomic mass is 19.1. The molecule has 0 aromatic heterocycles. The molecule has 3 aromatic rings. The first-order valence-electron chi connectivity index (χ1n) is 10.2. The Balaban J connectivity index is 1.59. The van der Waals surface area contributed by atoms with Crippen molar-refractivity contribution in [2.24, 2.45) is 5.92 Å². The molecule has 1 N–H and O–H groups in total. The fraction of sp³-hybridized carbons (Fsp3) is 0.231. The predicted molar refractivity (Wildman–Crippen MR) is 116 cm³/mol. The lowest BCUT2D eigenvalue weighted by Gasteiger charge is -2.36. The van der Waals surface area contributed by atoms with Gasteiger partial charge in [-0.2, -0.15) is 0 Å². The van der Waals surface area contributed by atoms with E-state index in [4.69, 9.17) is 0 Å². The Bertz CT molecular complexity index is 1020. The number of fused-ring (bicyclic) bond motifs is 2. The molecule has 1 spiro atoms. The van der Waals surface area contributed by atoms with Crippen LogP contribution in [0.1, 0.15) is 22.7 Å². The number of hydrogen-bond acceptors (Lipinski definition) is 2. The average Bonchev–Trinajstić information content (AvgIpc) is 3.27. The third-order valence-corrected chi connectivity index (χ3v) is 6.57. The number of anilines is 1. The first kappa shape index (κ1) is 18.1. The van der Waals surface area contributed by atoms with Crippen LogP contribution in [-0.4, -0.2) is 18.0 Å². The molecule has 0 amide bonds. The maximum Gasteiger partial charge on any atom is 0.125 e. The van der Waals surface area contributed by atoms with Crippen LogP contribution in [0.5, 0.6) is 0 Å². The van der Waals surface area contributed by atoms with Crippen LogP contribution >= 0.6 is 0 Å². The van der Waals surface area contributed by atoms with Crippen LogP contribution in [0.25, 0.3) is 0 Å². The van der Waals surface area contributed by atoms with Gasteiger partial charge in [0, 0.05) is 36.7 Å². The zero-order valence-electron chi connectivity index (χ0n) is 16.4. The lowest BCUT2D eigenvalue weighted by atomic mass is 9.67. The zero-order chi connectivity index (χ0) is 19.8. The lowest BCUT2D eigenvalue weighted by molar-refractivity contribution is 0.292. The van der Waals surface area contributed by atoms with Crippen LogP contribution in [0, 0.1) is 11.7 Å². The quantitative estimate of drug-likeness (QED) is 0.594. The molecule has 3 aromatic carbocycles. The number of nitrogens with one attached hydrogen (secondary N) is 1. The molecular weight excluding hydrogens is 359 g/mol. The molecular formula is C26H25FN2. The molecule has 1 fully saturated rings. The summed E-state index contributed by atoms with van der Waals surface area (Å²) in [5.74, 6) is 0.0741. The van der Waals surface area contributed by atoms with Crippen molar-refractivity contribution in [1.82, 2.24) is 4.90 Å². The van der Waals surface area contributed by atoms with Gasteiger partial charge in [-0.05, 0) is 28.8 Å². The summed E-state index contributed by atoms with van der Waals surface area (Å²) >= 11 is 0. The van der Waals surface area contributed by atoms with Crippen LogP contribution < -0.4 is 5.32 Å². The molecule has 2 heterocycles. The maximum absolute atomic E-state index is 14.0. The van der Waals surface area contributed by atoms with Gasteiger partial charge in [-0.3, -0.25) is 4.90 Å². The van der Waals surface area contributed by atoms with Crippen molar-refractivity contribution in [2.45, 2.75) is 18.0 Å². The van der Waals surface area contributed by atoms with E-state index in [2.05, 4.69) is 77.5 Å². The predicted octanol–water partition coefficient (Wildman–Crippen LogP) is 5.55. The fourth-order valence-corrected chi connectivity index (χ4v) is 5.34. The van der Waals surface area contributed by atoms with Crippen LogP contribution in [0.4, 0.5) is 10.1 Å². The number of rotatable bonds is 4. The summed E-state index contributed by atoms with van der Waals surface area (Å²) < 4.78 is 14.0. The van der Waals surface area contributed by atoms with E-state index in [0.717, 1.165) is 25.3 Å². The van der Waals surface area contributed by atoms with Gasteiger partial charge >= 0.3 is 0 Å². The second kappa shape index (κ2) is 7.16. The summed E-state index contributed by atoms with van der Waals surface area (Å²) in [7, 11) is 0. The molecule has 0 saturated carbocycles. The second-order valence-corrected chi connectivity index (χ2v) is 8.22. The Labute approximate surface area is 171 Å². The molecule has 2 aliphatic heterocycles. The minimum Gasteiger partial charge on any atom is -0.377 e. The van der Waals surface area contributed by atoms with E-state index in [1.807, 2.05) is 12.1 Å². The van der Waals surface area contributed by atoms with E-state index >= 15 is 0 Å². The molecule has 5 rings (SSSR count). The van der Waals surface area contributed by atoms with Gasteiger partial charge in [-0.25, -0.2) is 4.39 Å². The topological polar surface area (TPSA) is 15.3 Å². The number of halogens is 1. The van der Waals surface area contributed by atoms with Gasteiger partial charge in [-0.1, -0.05) is 72.8 Å². The van der Waals surface area contributed by atoms with Gasteiger partial charge in [0.2, 0.25) is 0 Å². The van der Waals surface area contributed by atoms with Crippen molar-refractivity contribution in [2.75, 3.05) is 18.4 Å². The number of likely N-dealkylation sites (tertiary alicyclic amines) is 1. The molecule has 0 unspecified atom stereocenters. The molecule has 3 atom stereocenters. The molecule has 0 aliphatic carbocycles. The molecule has 2 aliphatic rings. The minimum atomic E-state index is -0.200. The third kappa shape index (κ3) is 2.97. The van der Waals surface area contributed by atoms with E-state index in [9.17, 15) is 4.39 Å². The standard InChI is InChI=1S/C26H25FN2/c1-2-21-17-29(16-19-9-5-3-6-10-19)18-26(21)23-14-13-22(27)15-24(23)28-25(26)20-11-7-4-8-12-20/h2-15,21,25,28H,1,16-18H2/t21-,25-,26+/m0/s1. The van der Waals surface area contributed by atoms with Crippen molar-refractivity contribution in [3.8, 4) is 0 Å². The first-order chi connectivity index (χ1) is 14.2. The summed E-state index contributed by atoms with van der Waals surface area (Å²) in [6, 6.07) is 26.4. The van der Waals surface area contributed by atoms with E-state index in [1.54, 1.807) is 12.1 Å². The van der Waals surface area contributed by atoms with E-state index in [0.29, 0.717) is 0 Å². The normalized spacial score (nSPS) is 25.7. The van der Waals surface area contributed by atoms with Crippen molar-refractivity contribution in [1.29, 1.82) is 0 Å². The zero-order valence-corrected chi connectivity index (χ0v) is 16.4. The summed E-state index contributed by atoms with van der Waals surface area (Å²) in [6.07, 6.45) is 2.10. The van der Waals surface area contributed by atoms with Gasteiger partial charge in [0.25, 0.3) is 0 Å². The van der Waals surface area contributed by atoms with Gasteiger partial charge in [0.1, 0.15) is 5.82 Å². The van der Waals surface area contributed by atoms with E-state index in [-0.39, 0.29) is 23.2 Å². The fourth-order valence-electron chi connectivity index (χ4n) is 5.34. The molecule has 0 radical (unpaired) electrons. The summed E-state index contributed by atoms with van der Waals surface area (Å²) in [5, 5.41) is 3.66. The van der Waals surface area contributed by atoms with Crippen molar-refractivity contribution >= 4 is 5.69 Å². The Morgan fingerprint density at radius 1 is 1.03 bits per heavy atom. The number of hydrogen-bond donors (Lipinski definition) is 1. The molecule has 29 heavy (non-hydrogen) atoms. The van der Waals surface area contributed by atoms with E-state index in [1.165, 1.54) is 16.7 Å². The SMILES string of the molecule is C=C[C@H]1CN(Cc2ccccc2)C[C@]12c1ccc(F)cc1N[C@H]2c1ccccc1. The summed E-state index contributed by atoms with van der Waals surface area (Å²) in [5.41, 5.74) is 4.49. The average molecular weight is 384 g/mol. The highest BCUT2D eigenvalue weighted by Gasteiger charge is 2.56. The van der Waals surface area contributed by atoms with Gasteiger partial charge in [0.15, 0.2) is 0 Å². The van der Waals surface area contributed by atoms with Crippen molar-refractivity contribution < 1.29 is 4.39 Å². The Hall–Kier alpha value is -2.91. The second-order valence-electron chi connectivity index (χ2n) is 8.22. The van der Waals surface area contributed by atoms with Crippen molar-refractivity contribution in [3.05, 3.63) is 114 Å². The molecule has 3 heteroatoms. The van der Waals surface area contributed by atoms with Gasteiger partial charge in [-0.15, -0.1) is 6.58 Å². The van der Waals surface area contributed by atoms with Crippen LogP contribution in [0.15, 0.2) is 91.5 Å². The lowest BCUT2D eigenvalue weighted by Crippen LogP contribution is -2.39. The molecule has 1 saturated heterocycles. The van der Waals surface area contributed by atoms with Gasteiger partial charge in [0.05, 0.1) is 6.04 Å².